The molecular formula is C34H32N4S. The van der Waals surface area contributed by atoms with E-state index in [-0.39, 0.29) is 0 Å². The maximum Gasteiger partial charge on any atom is 0.145 e. The third-order valence-electron chi connectivity index (χ3n) is 7.68. The zero-order valence-corrected chi connectivity index (χ0v) is 23.3. The Labute approximate surface area is 234 Å². The summed E-state index contributed by atoms with van der Waals surface area (Å²) < 4.78 is 2.20. The predicted octanol–water partition coefficient (Wildman–Crippen LogP) is 9.38. The number of benzene rings is 4. The summed E-state index contributed by atoms with van der Waals surface area (Å²) in [5, 5.41) is 9.30. The van der Waals surface area contributed by atoms with E-state index in [4.69, 9.17) is 4.98 Å². The Hall–Kier alpha value is -4.01. The Morgan fingerprint density at radius 1 is 0.872 bits per heavy atom. The molecule has 194 valence electrons. The molecule has 2 heterocycles. The molecule has 5 aromatic rings. The average Bonchev–Trinajstić information content (AvgIpc) is 3.38. The van der Waals surface area contributed by atoms with E-state index < -0.39 is 0 Å². The van der Waals surface area contributed by atoms with Gasteiger partial charge in [0.05, 0.1) is 34.0 Å². The van der Waals surface area contributed by atoms with Gasteiger partial charge in [0.25, 0.3) is 0 Å². The van der Waals surface area contributed by atoms with Crippen molar-refractivity contribution in [3.63, 3.8) is 0 Å². The quantitative estimate of drug-likeness (QED) is 0.201. The van der Waals surface area contributed by atoms with Gasteiger partial charge < -0.3 is 4.90 Å². The number of unbranched alkanes of at least 4 members (excludes halogenated alkanes) is 1. The molecule has 6 rings (SSSR count). The molecule has 0 N–H and O–H groups in total. The highest BCUT2D eigenvalue weighted by atomic mass is 32.2. The van der Waals surface area contributed by atoms with Crippen LogP contribution in [-0.2, 0) is 0 Å². The first-order chi connectivity index (χ1) is 19.2. The summed E-state index contributed by atoms with van der Waals surface area (Å²) in [4.78, 5) is 10.2. The number of rotatable bonds is 8. The van der Waals surface area contributed by atoms with Crippen LogP contribution in [0.3, 0.4) is 0 Å². The highest BCUT2D eigenvalue weighted by Gasteiger charge is 2.26. The first-order valence-corrected chi connectivity index (χ1v) is 14.7. The normalized spacial score (nSPS) is 13.1. The summed E-state index contributed by atoms with van der Waals surface area (Å²) in [7, 11) is 0. The van der Waals surface area contributed by atoms with Crippen LogP contribution in [0.4, 0.5) is 11.4 Å². The molecule has 5 heteroatoms. The van der Waals surface area contributed by atoms with Crippen molar-refractivity contribution in [2.45, 2.75) is 49.3 Å². The second-order valence-corrected chi connectivity index (χ2v) is 11.3. The van der Waals surface area contributed by atoms with Crippen molar-refractivity contribution >= 4 is 34.2 Å². The van der Waals surface area contributed by atoms with Crippen LogP contribution in [0, 0.1) is 17.2 Å². The minimum Gasteiger partial charge on any atom is -0.339 e. The van der Waals surface area contributed by atoms with E-state index in [1.807, 2.05) is 48.2 Å². The van der Waals surface area contributed by atoms with Crippen LogP contribution < -0.4 is 4.90 Å². The zero-order chi connectivity index (χ0) is 26.8. The Bertz CT molecular complexity index is 1660. The highest BCUT2D eigenvalue weighted by molar-refractivity contribution is 7.99. The number of nitriles is 1. The van der Waals surface area contributed by atoms with Crippen molar-refractivity contribution in [2.24, 2.45) is 5.92 Å². The smallest absolute Gasteiger partial charge is 0.145 e. The van der Waals surface area contributed by atoms with Gasteiger partial charge in [-0.15, -0.1) is 0 Å². The zero-order valence-electron chi connectivity index (χ0n) is 22.5. The Morgan fingerprint density at radius 2 is 1.64 bits per heavy atom. The first kappa shape index (κ1) is 25.3. The number of hydrogen-bond acceptors (Lipinski definition) is 4. The molecule has 0 unspecified atom stereocenters. The number of hydrogen-bond donors (Lipinski definition) is 0. The summed E-state index contributed by atoms with van der Waals surface area (Å²) in [6.45, 7) is 5.63. The summed E-state index contributed by atoms with van der Waals surface area (Å²) in [5.41, 5.74) is 7.32. The molecule has 1 atom stereocenters. The Morgan fingerprint density at radius 3 is 2.44 bits per heavy atom. The molecule has 0 amide bonds. The molecule has 4 nitrogen and oxygen atoms in total. The van der Waals surface area contributed by atoms with Crippen molar-refractivity contribution in [2.75, 3.05) is 11.4 Å². The molecule has 0 saturated carbocycles. The number of aromatic nitrogens is 2. The number of imidazole rings is 1. The first-order valence-electron chi connectivity index (χ1n) is 13.9. The molecule has 1 aromatic heterocycles. The van der Waals surface area contributed by atoms with Crippen molar-refractivity contribution in [1.82, 2.24) is 9.55 Å². The second-order valence-electron chi connectivity index (χ2n) is 10.2. The van der Waals surface area contributed by atoms with E-state index in [1.54, 1.807) is 0 Å². The van der Waals surface area contributed by atoms with Gasteiger partial charge in [0.15, 0.2) is 0 Å². The molecule has 0 fully saturated rings. The van der Waals surface area contributed by atoms with Gasteiger partial charge in [-0.05, 0) is 79.1 Å². The topological polar surface area (TPSA) is 44.9 Å². The minimum absolute atomic E-state index is 0.651. The lowest BCUT2D eigenvalue weighted by atomic mass is 9.98. The predicted molar refractivity (Wildman–Crippen MR) is 162 cm³/mol. The van der Waals surface area contributed by atoms with Gasteiger partial charge in [-0.2, -0.15) is 5.26 Å². The lowest BCUT2D eigenvalue weighted by molar-refractivity contribution is 0.457. The van der Waals surface area contributed by atoms with Gasteiger partial charge >= 0.3 is 0 Å². The van der Waals surface area contributed by atoms with E-state index in [1.165, 1.54) is 46.8 Å². The number of para-hydroxylation sites is 3. The number of nitrogens with zero attached hydrogens (tertiary/aromatic N) is 4. The molecular weight excluding hydrogens is 496 g/mol. The maximum absolute atomic E-state index is 9.30. The van der Waals surface area contributed by atoms with Gasteiger partial charge in [-0.3, -0.25) is 4.57 Å². The number of anilines is 2. The summed E-state index contributed by atoms with van der Waals surface area (Å²) in [6.07, 6.45) is 4.97. The molecule has 1 aliphatic heterocycles. The van der Waals surface area contributed by atoms with Crippen LogP contribution >= 0.6 is 11.8 Å². The number of fused-ring (bicyclic) bond motifs is 3. The fourth-order valence-corrected chi connectivity index (χ4v) is 6.65. The van der Waals surface area contributed by atoms with Crippen molar-refractivity contribution < 1.29 is 0 Å². The van der Waals surface area contributed by atoms with Crippen LogP contribution in [0.5, 0.6) is 0 Å². The molecule has 0 radical (unpaired) electrons. The summed E-state index contributed by atoms with van der Waals surface area (Å²) in [5.74, 6) is 1.57. The molecule has 0 bridgehead atoms. The van der Waals surface area contributed by atoms with E-state index in [9.17, 15) is 5.26 Å². The highest BCUT2D eigenvalue weighted by Crippen LogP contribution is 2.49. The Balaban J connectivity index is 1.45. The minimum atomic E-state index is 0.651. The molecule has 1 aliphatic rings. The van der Waals surface area contributed by atoms with Gasteiger partial charge in [-0.1, -0.05) is 69.1 Å². The van der Waals surface area contributed by atoms with E-state index >= 15 is 0 Å². The van der Waals surface area contributed by atoms with Crippen LogP contribution in [0.25, 0.3) is 28.1 Å². The molecule has 4 aromatic carbocycles. The second kappa shape index (κ2) is 11.0. The molecule has 0 aliphatic carbocycles. The Kier molecular flexibility index (Phi) is 7.13. The van der Waals surface area contributed by atoms with E-state index in [0.29, 0.717) is 11.5 Å². The fourth-order valence-electron chi connectivity index (χ4n) is 5.51. The fraction of sp³-hybridized carbons (Fsp3) is 0.235. The molecule has 0 saturated heterocycles. The van der Waals surface area contributed by atoms with Gasteiger partial charge in [-0.25, -0.2) is 4.98 Å². The standard InChI is InChI=1S/C34H32N4S/c1-3-5-10-24(4-2)23-37-30-13-8-9-14-32(30)39-33-21-26(17-20-31(33)37)34-36-28-11-6-7-12-29(28)38(34)27-18-15-25(22-35)16-19-27/h6-9,11-21,24H,3-5,10,23H2,1-2H3/t24-/m0/s1. The van der Waals surface area contributed by atoms with Crippen LogP contribution in [0.1, 0.15) is 45.1 Å². The SMILES string of the molecule is CCCC[C@H](CC)CN1c2ccccc2Sc2cc(-c3nc4ccccc4n3-c3ccc(C#N)cc3)ccc21. The third kappa shape index (κ3) is 4.82. The maximum atomic E-state index is 9.30. The van der Waals surface area contributed by atoms with Crippen molar-refractivity contribution in [1.29, 1.82) is 5.26 Å². The van der Waals surface area contributed by atoms with E-state index in [0.717, 1.165) is 34.7 Å². The monoisotopic (exact) mass is 528 g/mol. The average molecular weight is 529 g/mol. The van der Waals surface area contributed by atoms with E-state index in [2.05, 4.69) is 84.0 Å². The van der Waals surface area contributed by atoms with Gasteiger partial charge in [0.1, 0.15) is 5.82 Å². The molecule has 39 heavy (non-hydrogen) atoms. The van der Waals surface area contributed by atoms with Crippen LogP contribution in [-0.4, -0.2) is 16.1 Å². The van der Waals surface area contributed by atoms with Gasteiger partial charge in [0, 0.05) is 27.6 Å². The lowest BCUT2D eigenvalue weighted by Gasteiger charge is -2.35. The summed E-state index contributed by atoms with van der Waals surface area (Å²) >= 11 is 1.85. The van der Waals surface area contributed by atoms with Crippen LogP contribution in [0.15, 0.2) is 101 Å². The molecule has 0 spiro atoms. The van der Waals surface area contributed by atoms with Crippen molar-refractivity contribution in [3.8, 4) is 23.1 Å². The van der Waals surface area contributed by atoms with Gasteiger partial charge in [0.2, 0.25) is 0 Å². The summed E-state index contributed by atoms with van der Waals surface area (Å²) in [6, 6.07) is 33.8. The lowest BCUT2D eigenvalue weighted by Crippen LogP contribution is -2.27. The largest absolute Gasteiger partial charge is 0.339 e. The third-order valence-corrected chi connectivity index (χ3v) is 8.80. The van der Waals surface area contributed by atoms with Crippen LogP contribution in [0.2, 0.25) is 0 Å². The van der Waals surface area contributed by atoms with Crippen molar-refractivity contribution in [3.05, 3.63) is 96.6 Å².